The maximum absolute atomic E-state index is 13.0. The molecule has 140 valence electrons. The van der Waals surface area contributed by atoms with Gasteiger partial charge in [0.25, 0.3) is 0 Å². The lowest BCUT2D eigenvalue weighted by Crippen LogP contribution is -2.59. The van der Waals surface area contributed by atoms with Crippen LogP contribution in [0.1, 0.15) is 37.8 Å². The number of nitrogens with zero attached hydrogens (tertiary/aromatic N) is 2. The van der Waals surface area contributed by atoms with Gasteiger partial charge < -0.3 is 10.6 Å². The van der Waals surface area contributed by atoms with Crippen molar-refractivity contribution in [2.24, 2.45) is 22.5 Å². The molecule has 1 aromatic rings. The highest BCUT2D eigenvalue weighted by molar-refractivity contribution is 5.96. The van der Waals surface area contributed by atoms with Crippen LogP contribution in [0.2, 0.25) is 0 Å². The van der Waals surface area contributed by atoms with E-state index >= 15 is 0 Å². The summed E-state index contributed by atoms with van der Waals surface area (Å²) in [5, 5.41) is 0. The van der Waals surface area contributed by atoms with Gasteiger partial charge in [-0.3, -0.25) is 14.5 Å². The normalized spacial score (nSPS) is 29.7. The molecular weight excluding hydrogens is 326 g/mol. The number of nitrogens with two attached hydrogens (primary N) is 1. The number of hydrogen-bond donors (Lipinski definition) is 1. The molecule has 2 heterocycles. The zero-order valence-corrected chi connectivity index (χ0v) is 16.0. The Morgan fingerprint density at radius 3 is 2.73 bits per heavy atom. The lowest BCUT2D eigenvalue weighted by Gasteiger charge is -2.54. The molecule has 0 aromatic heterocycles. The van der Waals surface area contributed by atoms with Crippen LogP contribution < -0.4 is 10.6 Å². The zero-order chi connectivity index (χ0) is 18.7. The first-order chi connectivity index (χ1) is 12.2. The minimum absolute atomic E-state index is 0.127. The fraction of sp³-hybridized carbons (Fsp3) is 0.619. The van der Waals surface area contributed by atoms with E-state index in [0.29, 0.717) is 13.1 Å². The van der Waals surface area contributed by atoms with Crippen LogP contribution in [0.4, 0.5) is 5.69 Å². The second kappa shape index (κ2) is 5.81. The third kappa shape index (κ3) is 2.56. The summed E-state index contributed by atoms with van der Waals surface area (Å²) < 4.78 is 0. The fourth-order valence-corrected chi connectivity index (χ4v) is 5.70. The van der Waals surface area contributed by atoms with E-state index in [1.165, 1.54) is 11.1 Å². The summed E-state index contributed by atoms with van der Waals surface area (Å²) in [6, 6.07) is 6.34. The Labute approximate surface area is 155 Å². The Balaban J connectivity index is 1.50. The second-order valence-corrected chi connectivity index (χ2v) is 9.19. The van der Waals surface area contributed by atoms with Gasteiger partial charge in [-0.25, -0.2) is 0 Å². The number of amides is 2. The molecule has 1 saturated heterocycles. The second-order valence-electron chi connectivity index (χ2n) is 9.19. The number of primary amides is 1. The summed E-state index contributed by atoms with van der Waals surface area (Å²) >= 11 is 0. The number of rotatable bonds is 3. The van der Waals surface area contributed by atoms with Crippen LogP contribution in [0.25, 0.3) is 0 Å². The molecule has 0 bridgehead atoms. The van der Waals surface area contributed by atoms with E-state index in [1.54, 1.807) is 0 Å². The smallest absolute Gasteiger partial charge is 0.241 e. The van der Waals surface area contributed by atoms with Crippen molar-refractivity contribution < 1.29 is 9.59 Å². The van der Waals surface area contributed by atoms with E-state index in [1.807, 2.05) is 4.90 Å². The molecule has 1 aliphatic carbocycles. The summed E-state index contributed by atoms with van der Waals surface area (Å²) in [6.07, 6.45) is 2.87. The van der Waals surface area contributed by atoms with Gasteiger partial charge >= 0.3 is 0 Å². The first-order valence-corrected chi connectivity index (χ1v) is 9.65. The average Bonchev–Trinajstić information content (AvgIpc) is 2.89. The average molecular weight is 355 g/mol. The van der Waals surface area contributed by atoms with Crippen molar-refractivity contribution in [3.63, 3.8) is 0 Å². The largest absolute Gasteiger partial charge is 0.369 e. The molecule has 1 saturated carbocycles. The van der Waals surface area contributed by atoms with E-state index in [0.717, 1.165) is 38.0 Å². The van der Waals surface area contributed by atoms with Gasteiger partial charge in [0, 0.05) is 25.3 Å². The Morgan fingerprint density at radius 2 is 2.08 bits per heavy atom. The first-order valence-electron chi connectivity index (χ1n) is 9.65. The van der Waals surface area contributed by atoms with Gasteiger partial charge in [-0.2, -0.15) is 0 Å². The molecule has 26 heavy (non-hydrogen) atoms. The van der Waals surface area contributed by atoms with Crippen LogP contribution >= 0.6 is 0 Å². The highest BCUT2D eigenvalue weighted by Crippen LogP contribution is 2.62. The van der Waals surface area contributed by atoms with Crippen molar-refractivity contribution in [1.82, 2.24) is 4.90 Å². The third-order valence-corrected chi connectivity index (χ3v) is 6.83. The SMILES string of the molecule is Cc1ccc2c(c1)CCCN2C(=O)CN1C[C@@H]2C(C)(C)C[C@]2(C(N)=O)C1. The van der Waals surface area contributed by atoms with Gasteiger partial charge in [0.15, 0.2) is 0 Å². The van der Waals surface area contributed by atoms with Crippen LogP contribution in [-0.4, -0.2) is 42.9 Å². The van der Waals surface area contributed by atoms with Crippen LogP contribution in [0.5, 0.6) is 0 Å². The molecule has 2 fully saturated rings. The molecular formula is C21H29N3O2. The quantitative estimate of drug-likeness (QED) is 0.903. The highest BCUT2D eigenvalue weighted by atomic mass is 16.2. The number of aryl methyl sites for hydroxylation is 2. The van der Waals surface area contributed by atoms with E-state index in [2.05, 4.69) is 43.9 Å². The fourth-order valence-electron chi connectivity index (χ4n) is 5.70. The van der Waals surface area contributed by atoms with Crippen molar-refractivity contribution >= 4 is 17.5 Å². The van der Waals surface area contributed by atoms with Crippen LogP contribution in [0.3, 0.4) is 0 Å². The number of carbonyl (C=O) groups is 2. The van der Waals surface area contributed by atoms with Crippen molar-refractivity contribution in [3.05, 3.63) is 29.3 Å². The van der Waals surface area contributed by atoms with Crippen molar-refractivity contribution in [3.8, 4) is 0 Å². The third-order valence-electron chi connectivity index (χ3n) is 6.83. The molecule has 2 atom stereocenters. The maximum Gasteiger partial charge on any atom is 0.241 e. The van der Waals surface area contributed by atoms with Crippen molar-refractivity contribution in [2.45, 2.75) is 40.0 Å². The van der Waals surface area contributed by atoms with E-state index in [9.17, 15) is 9.59 Å². The summed E-state index contributed by atoms with van der Waals surface area (Å²) in [5.74, 6) is 0.195. The van der Waals surface area contributed by atoms with Gasteiger partial charge in [0.2, 0.25) is 11.8 Å². The molecule has 0 unspecified atom stereocenters. The molecule has 3 aliphatic rings. The molecule has 5 nitrogen and oxygen atoms in total. The lowest BCUT2D eigenvalue weighted by molar-refractivity contribution is -0.148. The van der Waals surface area contributed by atoms with Gasteiger partial charge in [-0.1, -0.05) is 31.5 Å². The topological polar surface area (TPSA) is 66.6 Å². The van der Waals surface area contributed by atoms with Crippen molar-refractivity contribution in [2.75, 3.05) is 31.1 Å². The number of benzene rings is 1. The number of hydrogen-bond acceptors (Lipinski definition) is 3. The number of carbonyl (C=O) groups excluding carboxylic acids is 2. The zero-order valence-electron chi connectivity index (χ0n) is 16.0. The van der Waals surface area contributed by atoms with E-state index < -0.39 is 5.41 Å². The van der Waals surface area contributed by atoms with Gasteiger partial charge in [-0.15, -0.1) is 0 Å². The summed E-state index contributed by atoms with van der Waals surface area (Å²) in [7, 11) is 0. The predicted octanol–water partition coefficient (Wildman–Crippen LogP) is 2.11. The maximum atomic E-state index is 13.0. The predicted molar refractivity (Wildman–Crippen MR) is 102 cm³/mol. The first kappa shape index (κ1) is 17.5. The number of anilines is 1. The summed E-state index contributed by atoms with van der Waals surface area (Å²) in [5.41, 5.74) is 9.00. The summed E-state index contributed by atoms with van der Waals surface area (Å²) in [6.45, 7) is 9.05. The van der Waals surface area contributed by atoms with Gasteiger partial charge in [0.05, 0.1) is 12.0 Å². The number of fused-ring (bicyclic) bond motifs is 2. The molecule has 2 aliphatic heterocycles. The van der Waals surface area contributed by atoms with Crippen LogP contribution in [-0.2, 0) is 16.0 Å². The molecule has 1 aromatic carbocycles. The molecule has 2 N–H and O–H groups in total. The van der Waals surface area contributed by atoms with Crippen LogP contribution in [0, 0.1) is 23.7 Å². The number of likely N-dealkylation sites (tertiary alicyclic amines) is 1. The molecule has 2 amide bonds. The Kier molecular flexibility index (Phi) is 3.92. The Bertz CT molecular complexity index is 773. The minimum Gasteiger partial charge on any atom is -0.369 e. The molecule has 0 radical (unpaired) electrons. The van der Waals surface area contributed by atoms with E-state index in [4.69, 9.17) is 5.73 Å². The highest BCUT2D eigenvalue weighted by Gasteiger charge is 2.65. The standard InChI is InChI=1S/C21H29N3O2/c1-14-6-7-16-15(9-14)5-4-8-24(16)18(25)11-23-10-17-20(2,3)12-21(17,13-23)19(22)26/h6-7,9,17H,4-5,8,10-13H2,1-3H3,(H2,22,26)/t17-,21+/m1/s1. The van der Waals surface area contributed by atoms with Crippen LogP contribution in [0.15, 0.2) is 18.2 Å². The van der Waals surface area contributed by atoms with Gasteiger partial charge in [-0.05, 0) is 49.1 Å². The lowest BCUT2D eigenvalue weighted by atomic mass is 9.48. The van der Waals surface area contributed by atoms with Gasteiger partial charge in [0.1, 0.15) is 0 Å². The van der Waals surface area contributed by atoms with Crippen molar-refractivity contribution in [1.29, 1.82) is 0 Å². The minimum atomic E-state index is -0.430. The molecule has 0 spiro atoms. The Hall–Kier alpha value is -1.88. The Morgan fingerprint density at radius 1 is 1.31 bits per heavy atom. The van der Waals surface area contributed by atoms with E-state index in [-0.39, 0.29) is 23.1 Å². The summed E-state index contributed by atoms with van der Waals surface area (Å²) in [4.78, 5) is 29.2. The molecule has 5 heteroatoms. The molecule has 4 rings (SSSR count). The monoisotopic (exact) mass is 355 g/mol.